The second kappa shape index (κ2) is 40.1. The molecule has 0 N–H and O–H groups in total. The van der Waals surface area contributed by atoms with Crippen LogP contribution in [0, 0.1) is 20.5 Å². The van der Waals surface area contributed by atoms with Crippen LogP contribution in [-0.4, -0.2) is 69.8 Å². The molecule has 0 radical (unpaired) electrons. The number of halogens is 2. The van der Waals surface area contributed by atoms with Gasteiger partial charge in [-0.05, 0) is 122 Å². The molecule has 0 fully saturated rings. The zero-order chi connectivity index (χ0) is 53.9. The van der Waals surface area contributed by atoms with Crippen molar-refractivity contribution >= 4 is 94.7 Å². The molecule has 0 aliphatic carbocycles. The Bertz CT molecular complexity index is 2530. The molecule has 0 saturated carbocycles. The molecule has 4 aromatic heterocycles. The summed E-state index contributed by atoms with van der Waals surface area (Å²) in [6.07, 6.45) is 22.4. The SMILES string of the molecule is CSc1ccccc1N=Cc1ccccn1.CSc1ccccc1N=Cc1ccccn1.CSc1ccccc1N=Cc1ccccn1.CSc1ccccc1N=Cc1ccccn1.[Cu+].[Cu+].[O-][Cl+3]([O-])([O-])[O-].[O-][Cl+3]([O-])([O-])[O-]. The number of nitrogens with zero attached hydrogens (tertiary/aromatic N) is 8. The Morgan fingerprint density at radius 1 is 0.303 bits per heavy atom. The minimum Gasteiger partial charge on any atom is -0.255 e. The standard InChI is InChI=1S/4C13H12N2S.2ClHO4.2Cu/c4*1-16-13-8-3-2-7-12(13)15-10-11-6-4-5-9-14-11;2*2-1(3,4)5;;/h4*2-10H,1H3;2*(H,2,3,4,5);;/q;;;;;;2*+1/p-2. The van der Waals surface area contributed by atoms with Crippen LogP contribution in [0.2, 0.25) is 0 Å². The number of rotatable bonds is 12. The van der Waals surface area contributed by atoms with E-state index >= 15 is 0 Å². The van der Waals surface area contributed by atoms with E-state index in [0.717, 1.165) is 45.5 Å². The maximum atomic E-state index is 8.49. The van der Waals surface area contributed by atoms with Crippen molar-refractivity contribution in [1.29, 1.82) is 0 Å². The fourth-order valence-electron chi connectivity index (χ4n) is 5.30. The predicted molar refractivity (Wildman–Crippen MR) is 279 cm³/mol. The van der Waals surface area contributed by atoms with Gasteiger partial charge in [-0.1, -0.05) is 72.8 Å². The molecule has 0 bridgehead atoms. The first-order chi connectivity index (χ1) is 35.6. The first-order valence-corrected chi connectivity index (χ1v) is 28.5. The van der Waals surface area contributed by atoms with Crippen LogP contribution in [0.3, 0.4) is 0 Å². The Balaban J connectivity index is 0.000000473. The summed E-state index contributed by atoms with van der Waals surface area (Å²) in [4.78, 5) is 39.2. The zero-order valence-electron chi connectivity index (χ0n) is 40.6. The van der Waals surface area contributed by atoms with Gasteiger partial charge in [0.25, 0.3) is 0 Å². The van der Waals surface area contributed by atoms with E-state index in [0.29, 0.717) is 0 Å². The first kappa shape index (κ1) is 68.9. The monoisotopic (exact) mass is 1240 g/mol. The number of para-hydroxylation sites is 4. The molecule has 8 rings (SSSR count). The fraction of sp³-hybridized carbons (Fsp3) is 0.0769. The van der Waals surface area contributed by atoms with Crippen LogP contribution in [0.1, 0.15) is 22.8 Å². The van der Waals surface area contributed by atoms with E-state index in [1.807, 2.05) is 146 Å². The van der Waals surface area contributed by atoms with Gasteiger partial charge < -0.3 is 0 Å². The minimum absolute atomic E-state index is 0. The second-order valence-electron chi connectivity index (χ2n) is 13.5. The molecule has 0 spiro atoms. The van der Waals surface area contributed by atoms with E-state index in [-0.39, 0.29) is 34.1 Å². The van der Waals surface area contributed by atoms with Crippen LogP contribution >= 0.6 is 47.0 Å². The van der Waals surface area contributed by atoms with Gasteiger partial charge >= 0.3 is 34.1 Å². The van der Waals surface area contributed by atoms with Crippen molar-refractivity contribution in [2.45, 2.75) is 19.6 Å². The van der Waals surface area contributed by atoms with Gasteiger partial charge in [0.15, 0.2) is 0 Å². The summed E-state index contributed by atoms with van der Waals surface area (Å²) in [6.45, 7) is 0. The Morgan fingerprint density at radius 2 is 0.474 bits per heavy atom. The topological polar surface area (TPSA) is 285 Å². The third-order valence-electron chi connectivity index (χ3n) is 8.44. The number of thioether (sulfide) groups is 4. The average Bonchev–Trinajstić information content (AvgIpc) is 3.42. The van der Waals surface area contributed by atoms with Crippen molar-refractivity contribution in [2.75, 3.05) is 25.0 Å². The Morgan fingerprint density at radius 3 is 0.632 bits per heavy atom. The summed E-state index contributed by atoms with van der Waals surface area (Å²) in [5, 5.41) is 0. The van der Waals surface area contributed by atoms with Gasteiger partial charge in [0.1, 0.15) is 0 Å². The van der Waals surface area contributed by atoms with Crippen molar-refractivity contribution in [3.63, 3.8) is 0 Å². The molecule has 0 aliphatic rings. The second-order valence-corrected chi connectivity index (χ2v) is 18.4. The van der Waals surface area contributed by atoms with Crippen LogP contribution in [0.4, 0.5) is 22.7 Å². The third kappa shape index (κ3) is 32.4. The van der Waals surface area contributed by atoms with Gasteiger partial charge in [-0.3, -0.25) is 39.9 Å². The molecule has 8 aromatic rings. The molecule has 0 unspecified atom stereocenters. The van der Waals surface area contributed by atoms with Gasteiger partial charge in [-0.2, -0.15) is 0 Å². The number of hydrogen-bond acceptors (Lipinski definition) is 20. The minimum atomic E-state index is -4.94. The molecule has 0 amide bonds. The molecule has 76 heavy (non-hydrogen) atoms. The van der Waals surface area contributed by atoms with E-state index in [2.05, 4.69) is 89.2 Å². The van der Waals surface area contributed by atoms with Crippen molar-refractivity contribution in [3.05, 3.63) is 217 Å². The molecular formula is C52H48Cl2Cu2N8O8S4. The molecule has 0 saturated heterocycles. The predicted octanol–water partition coefficient (Wildman–Crippen LogP) is 4.70. The van der Waals surface area contributed by atoms with Crippen LogP contribution in [0.15, 0.2) is 234 Å². The molecular weight excluding hydrogens is 1190 g/mol. The van der Waals surface area contributed by atoms with Crippen LogP contribution in [0.25, 0.3) is 0 Å². The zero-order valence-corrected chi connectivity index (χ0v) is 47.3. The third-order valence-corrected chi connectivity index (χ3v) is 11.6. The Labute approximate surface area is 484 Å². The largest absolute Gasteiger partial charge is 1.00 e. The van der Waals surface area contributed by atoms with E-state index in [1.54, 1.807) is 96.7 Å². The van der Waals surface area contributed by atoms with E-state index < -0.39 is 20.5 Å². The number of benzene rings is 4. The van der Waals surface area contributed by atoms with Gasteiger partial charge in [-0.25, -0.2) is 37.3 Å². The van der Waals surface area contributed by atoms with Crippen LogP contribution in [-0.2, 0) is 34.1 Å². The molecule has 404 valence electrons. The van der Waals surface area contributed by atoms with Crippen molar-refractivity contribution in [2.24, 2.45) is 20.0 Å². The van der Waals surface area contributed by atoms with Crippen molar-refractivity contribution in [1.82, 2.24) is 19.9 Å². The normalized spacial score (nSPS) is 10.7. The van der Waals surface area contributed by atoms with Crippen LogP contribution < -0.4 is 37.3 Å². The van der Waals surface area contributed by atoms with Crippen molar-refractivity contribution in [3.8, 4) is 0 Å². The summed E-state index contributed by atoms with van der Waals surface area (Å²) in [5.74, 6) is 0. The molecule has 0 aliphatic heterocycles. The summed E-state index contributed by atoms with van der Waals surface area (Å²) < 4.78 is 67.9. The van der Waals surface area contributed by atoms with Crippen LogP contribution in [0.5, 0.6) is 0 Å². The summed E-state index contributed by atoms with van der Waals surface area (Å²) in [7, 11) is -9.89. The quantitative estimate of drug-likeness (QED) is 0.0910. The van der Waals surface area contributed by atoms with Gasteiger partial charge in [-0.15, -0.1) is 67.5 Å². The molecule has 4 heterocycles. The molecule has 0 atom stereocenters. The van der Waals surface area contributed by atoms with Gasteiger partial charge in [0.05, 0.1) is 70.4 Å². The van der Waals surface area contributed by atoms with E-state index in [9.17, 15) is 0 Å². The Hall–Kier alpha value is -5.14. The summed E-state index contributed by atoms with van der Waals surface area (Å²) >= 11 is 6.79. The fourth-order valence-corrected chi connectivity index (χ4v) is 7.48. The van der Waals surface area contributed by atoms with E-state index in [4.69, 9.17) is 37.3 Å². The van der Waals surface area contributed by atoms with Gasteiger partial charge in [0.2, 0.25) is 0 Å². The maximum absolute atomic E-state index is 8.49. The Kier molecular flexibility index (Phi) is 36.4. The van der Waals surface area contributed by atoms with Crippen molar-refractivity contribution < 1.29 is 91.9 Å². The number of pyridine rings is 4. The summed E-state index contributed by atoms with van der Waals surface area (Å²) in [6, 6.07) is 55.5. The van der Waals surface area contributed by atoms with Gasteiger partial charge in [0, 0.05) is 44.4 Å². The number of aliphatic imine (C=N–C) groups is 4. The average molecular weight is 1240 g/mol. The smallest absolute Gasteiger partial charge is 0.255 e. The first-order valence-electron chi connectivity index (χ1n) is 21.2. The molecule has 4 aromatic carbocycles. The molecule has 24 heteroatoms. The molecule has 16 nitrogen and oxygen atoms in total. The van der Waals surface area contributed by atoms with E-state index in [1.165, 1.54) is 19.6 Å². The number of hydrogen-bond donors (Lipinski definition) is 0. The number of aromatic nitrogens is 4. The maximum Gasteiger partial charge on any atom is 1.00 e. The summed E-state index contributed by atoms with van der Waals surface area (Å²) in [5.41, 5.74) is 7.44.